The van der Waals surface area contributed by atoms with Crippen molar-refractivity contribution in [2.75, 3.05) is 18.5 Å². The van der Waals surface area contributed by atoms with Gasteiger partial charge in [-0.1, -0.05) is 54.6 Å². The molecule has 3 aromatic rings. The number of anilines is 1. The first kappa shape index (κ1) is 24.3. The first-order chi connectivity index (χ1) is 15.8. The van der Waals surface area contributed by atoms with Crippen molar-refractivity contribution >= 4 is 33.6 Å². The Kier molecular flexibility index (Phi) is 8.08. The number of carbonyl (C=O) groups is 2. The highest BCUT2D eigenvalue weighted by Crippen LogP contribution is 2.29. The van der Waals surface area contributed by atoms with Gasteiger partial charge in [0.15, 0.2) is 0 Å². The van der Waals surface area contributed by atoms with Crippen LogP contribution in [0, 0.1) is 0 Å². The van der Waals surface area contributed by atoms with Crippen LogP contribution in [0.4, 0.5) is 10.5 Å². The number of rotatable bonds is 9. The highest BCUT2D eigenvalue weighted by atomic mass is 79.9. The van der Waals surface area contributed by atoms with Crippen LogP contribution in [0.2, 0.25) is 0 Å². The Morgan fingerprint density at radius 2 is 1.67 bits per heavy atom. The first-order valence-electron chi connectivity index (χ1n) is 10.3. The summed E-state index contributed by atoms with van der Waals surface area (Å²) >= 11 is 3.43. The van der Waals surface area contributed by atoms with Crippen LogP contribution >= 0.6 is 15.9 Å². The fraction of sp³-hybridized carbons (Fsp3) is 0.200. The molecule has 0 unspecified atom stereocenters. The van der Waals surface area contributed by atoms with Crippen LogP contribution in [0.25, 0.3) is 11.1 Å². The van der Waals surface area contributed by atoms with Crippen LogP contribution in [0.3, 0.4) is 0 Å². The second-order valence-corrected chi connectivity index (χ2v) is 8.54. The number of hydrogen-bond acceptors (Lipinski definition) is 4. The van der Waals surface area contributed by atoms with Crippen LogP contribution in [-0.4, -0.2) is 41.0 Å². The van der Waals surface area contributed by atoms with E-state index >= 15 is 0 Å². The molecular formula is C25H25BrN2O5. The number of benzene rings is 3. The lowest BCUT2D eigenvalue weighted by Crippen LogP contribution is -2.56. The van der Waals surface area contributed by atoms with Crippen LogP contribution in [0.1, 0.15) is 12.5 Å². The van der Waals surface area contributed by atoms with Gasteiger partial charge in [-0.25, -0.2) is 4.79 Å². The van der Waals surface area contributed by atoms with Crippen molar-refractivity contribution in [2.24, 2.45) is 0 Å². The lowest BCUT2D eigenvalue weighted by Gasteiger charge is -2.25. The van der Waals surface area contributed by atoms with Crippen molar-refractivity contribution in [3.63, 3.8) is 0 Å². The summed E-state index contributed by atoms with van der Waals surface area (Å²) in [5, 5.41) is 22.9. The Bertz CT molecular complexity index is 1110. The molecule has 1 atom stereocenters. The molecule has 0 aliphatic rings. The van der Waals surface area contributed by atoms with E-state index in [4.69, 9.17) is 9.84 Å². The normalized spacial score (nSPS) is 12.5. The van der Waals surface area contributed by atoms with Gasteiger partial charge >= 0.3 is 6.09 Å². The smallest absolute Gasteiger partial charge is 0.405 e. The number of ether oxygens (including phenoxy) is 1. The minimum atomic E-state index is -1.66. The van der Waals surface area contributed by atoms with Crippen LogP contribution in [0.5, 0.6) is 5.75 Å². The Morgan fingerprint density at radius 3 is 2.27 bits per heavy atom. The molecule has 0 bridgehead atoms. The molecule has 3 rings (SSSR count). The van der Waals surface area contributed by atoms with Gasteiger partial charge in [0, 0.05) is 12.1 Å². The maximum absolute atomic E-state index is 12.4. The van der Waals surface area contributed by atoms with E-state index in [0.29, 0.717) is 22.5 Å². The van der Waals surface area contributed by atoms with Crippen molar-refractivity contribution in [3.05, 3.63) is 82.8 Å². The summed E-state index contributed by atoms with van der Waals surface area (Å²) in [6.45, 7) is 1.09. The number of aliphatic hydroxyl groups is 1. The molecule has 3 aromatic carbocycles. The van der Waals surface area contributed by atoms with Gasteiger partial charge in [-0.05, 0) is 57.7 Å². The fourth-order valence-electron chi connectivity index (χ4n) is 3.14. The second-order valence-electron chi connectivity index (χ2n) is 7.68. The SMILES string of the molecule is C[C@@](CO)(NC(=O)O)C(=O)Nc1ccc(OCCc2ccc(-c3ccccc3)cc2)c(Br)c1. The summed E-state index contributed by atoms with van der Waals surface area (Å²) in [6.07, 6.45) is -0.670. The zero-order chi connectivity index (χ0) is 23.8. The molecule has 0 aliphatic carbocycles. The minimum absolute atomic E-state index is 0.433. The third-order valence-corrected chi connectivity index (χ3v) is 5.72. The molecule has 8 heteroatoms. The van der Waals surface area contributed by atoms with E-state index in [1.54, 1.807) is 18.2 Å². The molecule has 2 amide bonds. The number of nitrogens with one attached hydrogen (secondary N) is 2. The molecule has 0 spiro atoms. The number of carbonyl (C=O) groups excluding carboxylic acids is 1. The van der Waals surface area contributed by atoms with Gasteiger partial charge < -0.3 is 25.6 Å². The van der Waals surface area contributed by atoms with Crippen molar-refractivity contribution in [3.8, 4) is 16.9 Å². The molecule has 0 heterocycles. The monoisotopic (exact) mass is 512 g/mol. The predicted molar refractivity (Wildman–Crippen MR) is 130 cm³/mol. The molecule has 172 valence electrons. The molecular weight excluding hydrogens is 488 g/mol. The molecule has 0 saturated heterocycles. The lowest BCUT2D eigenvalue weighted by molar-refractivity contribution is -0.123. The van der Waals surface area contributed by atoms with Gasteiger partial charge in [-0.15, -0.1) is 0 Å². The molecule has 0 aromatic heterocycles. The van der Waals surface area contributed by atoms with Gasteiger partial charge in [-0.2, -0.15) is 0 Å². The molecule has 0 fully saturated rings. The van der Waals surface area contributed by atoms with Crippen LogP contribution < -0.4 is 15.4 Å². The first-order valence-corrected chi connectivity index (χ1v) is 11.1. The molecule has 7 nitrogen and oxygen atoms in total. The van der Waals surface area contributed by atoms with Gasteiger partial charge in [0.25, 0.3) is 5.91 Å². The average Bonchev–Trinajstić information content (AvgIpc) is 2.81. The lowest BCUT2D eigenvalue weighted by atomic mass is 10.0. The average molecular weight is 513 g/mol. The Balaban J connectivity index is 1.55. The van der Waals surface area contributed by atoms with E-state index in [2.05, 4.69) is 57.6 Å². The van der Waals surface area contributed by atoms with E-state index in [9.17, 15) is 14.7 Å². The Hall–Kier alpha value is -3.36. The zero-order valence-corrected chi connectivity index (χ0v) is 19.6. The number of aliphatic hydroxyl groups excluding tert-OH is 1. The number of amides is 2. The highest BCUT2D eigenvalue weighted by Gasteiger charge is 2.34. The summed E-state index contributed by atoms with van der Waals surface area (Å²) < 4.78 is 6.50. The summed E-state index contributed by atoms with van der Waals surface area (Å²) in [7, 11) is 0. The second kappa shape index (κ2) is 11.0. The minimum Gasteiger partial charge on any atom is -0.492 e. The maximum Gasteiger partial charge on any atom is 0.405 e. The van der Waals surface area contributed by atoms with Gasteiger partial charge in [0.2, 0.25) is 0 Å². The Labute approximate surface area is 200 Å². The van der Waals surface area contributed by atoms with Gasteiger partial charge in [0.1, 0.15) is 11.3 Å². The summed E-state index contributed by atoms with van der Waals surface area (Å²) in [6, 6.07) is 23.6. The van der Waals surface area contributed by atoms with Crippen LogP contribution in [0.15, 0.2) is 77.3 Å². The fourth-order valence-corrected chi connectivity index (χ4v) is 3.64. The number of carboxylic acid groups (broad SMARTS) is 1. The molecule has 0 radical (unpaired) electrons. The maximum atomic E-state index is 12.4. The zero-order valence-electron chi connectivity index (χ0n) is 18.0. The highest BCUT2D eigenvalue weighted by molar-refractivity contribution is 9.10. The van der Waals surface area contributed by atoms with Crippen molar-refractivity contribution in [1.29, 1.82) is 0 Å². The number of hydrogen-bond donors (Lipinski definition) is 4. The standard InChI is InChI=1S/C25H25BrN2O5/c1-25(16-29,28-24(31)32)23(30)27-20-11-12-22(21(26)15-20)33-14-13-17-7-9-19(10-8-17)18-5-3-2-4-6-18/h2-12,15,28-29H,13-14,16H2,1H3,(H,27,30)(H,31,32)/t25-/m0/s1. The summed E-state index contributed by atoms with van der Waals surface area (Å²) in [5.74, 6) is -0.0607. The Morgan fingerprint density at radius 1 is 1.00 bits per heavy atom. The van der Waals surface area contributed by atoms with E-state index in [1.165, 1.54) is 12.5 Å². The third kappa shape index (κ3) is 6.57. The van der Waals surface area contributed by atoms with Gasteiger partial charge in [-0.3, -0.25) is 4.79 Å². The van der Waals surface area contributed by atoms with Crippen molar-refractivity contribution in [1.82, 2.24) is 5.32 Å². The van der Waals surface area contributed by atoms with E-state index in [0.717, 1.165) is 17.5 Å². The molecule has 0 aliphatic heterocycles. The van der Waals surface area contributed by atoms with E-state index in [1.807, 2.05) is 23.5 Å². The molecule has 0 saturated carbocycles. The van der Waals surface area contributed by atoms with Crippen molar-refractivity contribution in [2.45, 2.75) is 18.9 Å². The summed E-state index contributed by atoms with van der Waals surface area (Å²) in [5.41, 5.74) is 2.27. The summed E-state index contributed by atoms with van der Waals surface area (Å²) in [4.78, 5) is 23.3. The third-order valence-electron chi connectivity index (χ3n) is 5.10. The molecule has 4 N–H and O–H groups in total. The van der Waals surface area contributed by atoms with E-state index in [-0.39, 0.29) is 0 Å². The van der Waals surface area contributed by atoms with Gasteiger partial charge in [0.05, 0.1) is 17.7 Å². The topological polar surface area (TPSA) is 108 Å². The predicted octanol–water partition coefficient (Wildman–Crippen LogP) is 4.69. The number of halogens is 1. The quantitative estimate of drug-likeness (QED) is 0.332. The molecule has 33 heavy (non-hydrogen) atoms. The van der Waals surface area contributed by atoms with E-state index < -0.39 is 24.1 Å². The van der Waals surface area contributed by atoms with Crippen molar-refractivity contribution < 1.29 is 24.5 Å². The van der Waals surface area contributed by atoms with Crippen LogP contribution in [-0.2, 0) is 11.2 Å². The largest absolute Gasteiger partial charge is 0.492 e.